The van der Waals surface area contributed by atoms with Crippen molar-refractivity contribution in [1.82, 2.24) is 4.98 Å². The summed E-state index contributed by atoms with van der Waals surface area (Å²) in [6.45, 7) is 5.24. The van der Waals surface area contributed by atoms with Crippen LogP contribution in [0.5, 0.6) is 0 Å². The summed E-state index contributed by atoms with van der Waals surface area (Å²) in [5, 5.41) is 14.3. The zero-order chi connectivity index (χ0) is 14.9. The van der Waals surface area contributed by atoms with Crippen LogP contribution >= 0.6 is 11.3 Å². The molecule has 2 aromatic rings. The van der Waals surface area contributed by atoms with Crippen LogP contribution in [0.25, 0.3) is 0 Å². The van der Waals surface area contributed by atoms with Crippen LogP contribution in [-0.4, -0.2) is 15.8 Å². The first-order valence-electron chi connectivity index (χ1n) is 5.89. The molecule has 0 spiro atoms. The maximum Gasteiger partial charge on any atom is 0.274 e. The van der Waals surface area contributed by atoms with E-state index in [9.17, 15) is 14.9 Å². The second kappa shape index (κ2) is 5.38. The van der Waals surface area contributed by atoms with Gasteiger partial charge in [0.1, 0.15) is 4.88 Å². The predicted molar refractivity (Wildman–Crippen MR) is 77.4 cm³/mol. The molecule has 0 aliphatic rings. The molecule has 0 saturated heterocycles. The minimum absolute atomic E-state index is 0.0139. The number of nitro benzene ring substituents is 1. The SMILES string of the molecule is Cc1nc(C)c(C(=O)Nc2ccc(C)c([N+](=O)[O-])c2)s1. The number of anilines is 1. The minimum Gasteiger partial charge on any atom is -0.321 e. The van der Waals surface area contributed by atoms with E-state index < -0.39 is 4.92 Å². The van der Waals surface area contributed by atoms with Gasteiger partial charge < -0.3 is 5.32 Å². The molecule has 2 rings (SSSR count). The molecule has 1 heterocycles. The Morgan fingerprint density at radius 3 is 2.60 bits per heavy atom. The molecule has 0 atom stereocenters. The Hall–Kier alpha value is -2.28. The molecule has 0 bridgehead atoms. The summed E-state index contributed by atoms with van der Waals surface area (Å²) < 4.78 is 0. The number of nitrogens with zero attached hydrogens (tertiary/aromatic N) is 2. The molecular formula is C13H13N3O3S. The molecule has 0 fully saturated rings. The monoisotopic (exact) mass is 291 g/mol. The first-order chi connectivity index (χ1) is 9.38. The van der Waals surface area contributed by atoms with Crippen LogP contribution in [0.15, 0.2) is 18.2 Å². The largest absolute Gasteiger partial charge is 0.321 e. The lowest BCUT2D eigenvalue weighted by atomic mass is 10.2. The maximum atomic E-state index is 12.1. The van der Waals surface area contributed by atoms with Crippen molar-refractivity contribution >= 4 is 28.6 Å². The number of nitro groups is 1. The van der Waals surface area contributed by atoms with Gasteiger partial charge in [-0.15, -0.1) is 11.3 Å². The van der Waals surface area contributed by atoms with Gasteiger partial charge in [-0.2, -0.15) is 0 Å². The third-order valence-electron chi connectivity index (χ3n) is 2.77. The lowest BCUT2D eigenvalue weighted by Crippen LogP contribution is -2.11. The molecule has 0 aliphatic carbocycles. The average Bonchev–Trinajstić information content (AvgIpc) is 2.70. The molecule has 1 N–H and O–H groups in total. The number of benzene rings is 1. The Balaban J connectivity index is 2.26. The molecule has 6 nitrogen and oxygen atoms in total. The number of thiazole rings is 1. The van der Waals surface area contributed by atoms with Gasteiger partial charge in [0.2, 0.25) is 0 Å². The van der Waals surface area contributed by atoms with E-state index >= 15 is 0 Å². The highest BCUT2D eigenvalue weighted by molar-refractivity contribution is 7.13. The molecule has 1 aromatic carbocycles. The predicted octanol–water partition coefficient (Wildman–Crippen LogP) is 3.23. The maximum absolute atomic E-state index is 12.1. The smallest absolute Gasteiger partial charge is 0.274 e. The van der Waals surface area contributed by atoms with Gasteiger partial charge in [0.15, 0.2) is 0 Å². The number of aromatic nitrogens is 1. The highest BCUT2D eigenvalue weighted by Crippen LogP contribution is 2.24. The fourth-order valence-corrected chi connectivity index (χ4v) is 2.63. The number of amides is 1. The van der Waals surface area contributed by atoms with Crippen molar-refractivity contribution in [3.8, 4) is 0 Å². The van der Waals surface area contributed by atoms with E-state index in [1.165, 1.54) is 17.4 Å². The number of carbonyl (C=O) groups is 1. The summed E-state index contributed by atoms with van der Waals surface area (Å²) in [5.74, 6) is -0.300. The Kier molecular flexibility index (Phi) is 3.80. The van der Waals surface area contributed by atoms with Crippen LogP contribution in [0, 0.1) is 30.9 Å². The lowest BCUT2D eigenvalue weighted by Gasteiger charge is -2.05. The lowest BCUT2D eigenvalue weighted by molar-refractivity contribution is -0.385. The van der Waals surface area contributed by atoms with Gasteiger partial charge in [-0.25, -0.2) is 4.98 Å². The van der Waals surface area contributed by atoms with E-state index in [2.05, 4.69) is 10.3 Å². The quantitative estimate of drug-likeness (QED) is 0.695. The Labute approximate surface area is 119 Å². The first-order valence-corrected chi connectivity index (χ1v) is 6.70. The normalized spacial score (nSPS) is 10.3. The van der Waals surface area contributed by atoms with Crippen molar-refractivity contribution in [2.24, 2.45) is 0 Å². The van der Waals surface area contributed by atoms with E-state index in [0.717, 1.165) is 5.01 Å². The van der Waals surface area contributed by atoms with Gasteiger partial charge in [0, 0.05) is 17.3 Å². The standard InChI is InChI=1S/C13H13N3O3S/c1-7-4-5-10(6-11(7)16(18)19)15-13(17)12-8(2)14-9(3)20-12/h4-6H,1-3H3,(H,15,17). The Morgan fingerprint density at radius 2 is 2.05 bits per heavy atom. The van der Waals surface area contributed by atoms with Crippen LogP contribution in [0.4, 0.5) is 11.4 Å². The molecule has 0 radical (unpaired) electrons. The second-order valence-electron chi connectivity index (χ2n) is 4.36. The topological polar surface area (TPSA) is 85.1 Å². The molecular weight excluding hydrogens is 278 g/mol. The summed E-state index contributed by atoms with van der Waals surface area (Å²) in [7, 11) is 0. The van der Waals surface area contributed by atoms with Crippen molar-refractivity contribution in [2.75, 3.05) is 5.32 Å². The van der Waals surface area contributed by atoms with Gasteiger partial charge >= 0.3 is 0 Å². The van der Waals surface area contributed by atoms with Gasteiger partial charge in [0.05, 0.1) is 15.6 Å². The van der Waals surface area contributed by atoms with Gasteiger partial charge in [-0.3, -0.25) is 14.9 Å². The summed E-state index contributed by atoms with van der Waals surface area (Å²) >= 11 is 1.30. The van der Waals surface area contributed by atoms with E-state index in [0.29, 0.717) is 21.8 Å². The summed E-state index contributed by atoms with van der Waals surface area (Å²) in [6.07, 6.45) is 0. The first kappa shape index (κ1) is 14.1. The highest BCUT2D eigenvalue weighted by Gasteiger charge is 2.16. The molecule has 0 saturated carbocycles. The molecule has 0 aliphatic heterocycles. The zero-order valence-corrected chi connectivity index (χ0v) is 12.1. The summed E-state index contributed by atoms with van der Waals surface area (Å²) in [5.41, 5.74) is 1.60. The van der Waals surface area contributed by atoms with Crippen molar-refractivity contribution < 1.29 is 9.72 Å². The van der Waals surface area contributed by atoms with Gasteiger partial charge in [-0.1, -0.05) is 6.07 Å². The molecule has 0 unspecified atom stereocenters. The number of rotatable bonds is 3. The number of aryl methyl sites for hydroxylation is 3. The van der Waals surface area contributed by atoms with Crippen LogP contribution in [0.3, 0.4) is 0 Å². The van der Waals surface area contributed by atoms with Crippen LogP contribution in [-0.2, 0) is 0 Å². The molecule has 1 amide bonds. The fourth-order valence-electron chi connectivity index (χ4n) is 1.81. The molecule has 7 heteroatoms. The van der Waals surface area contributed by atoms with Gasteiger partial charge in [0.25, 0.3) is 11.6 Å². The van der Waals surface area contributed by atoms with Crippen molar-refractivity contribution in [1.29, 1.82) is 0 Å². The van der Waals surface area contributed by atoms with Crippen molar-refractivity contribution in [3.63, 3.8) is 0 Å². The number of nitrogens with one attached hydrogen (secondary N) is 1. The van der Waals surface area contributed by atoms with Crippen molar-refractivity contribution in [3.05, 3.63) is 49.5 Å². The fraction of sp³-hybridized carbons (Fsp3) is 0.231. The summed E-state index contributed by atoms with van der Waals surface area (Å²) in [4.78, 5) is 27.2. The van der Waals surface area contributed by atoms with Crippen LogP contribution in [0.2, 0.25) is 0 Å². The highest BCUT2D eigenvalue weighted by atomic mass is 32.1. The van der Waals surface area contributed by atoms with E-state index in [-0.39, 0.29) is 11.6 Å². The third kappa shape index (κ3) is 2.83. The third-order valence-corrected chi connectivity index (χ3v) is 3.85. The van der Waals surface area contributed by atoms with Crippen LogP contribution in [0.1, 0.15) is 25.9 Å². The number of carbonyl (C=O) groups excluding carboxylic acids is 1. The summed E-state index contributed by atoms with van der Waals surface area (Å²) in [6, 6.07) is 4.61. The van der Waals surface area contributed by atoms with Crippen LogP contribution < -0.4 is 5.32 Å². The Bertz CT molecular complexity index is 694. The molecule has 1 aromatic heterocycles. The zero-order valence-electron chi connectivity index (χ0n) is 11.3. The number of hydrogen-bond acceptors (Lipinski definition) is 5. The minimum atomic E-state index is -0.465. The Morgan fingerprint density at radius 1 is 1.35 bits per heavy atom. The van der Waals surface area contributed by atoms with Gasteiger partial charge in [-0.05, 0) is 26.8 Å². The molecule has 104 valence electrons. The average molecular weight is 291 g/mol. The van der Waals surface area contributed by atoms with E-state index in [1.54, 1.807) is 26.0 Å². The van der Waals surface area contributed by atoms with Crippen molar-refractivity contribution in [2.45, 2.75) is 20.8 Å². The second-order valence-corrected chi connectivity index (χ2v) is 5.56. The molecule has 20 heavy (non-hydrogen) atoms. The van der Waals surface area contributed by atoms with E-state index in [1.807, 2.05) is 6.92 Å². The number of hydrogen-bond donors (Lipinski definition) is 1. The van der Waals surface area contributed by atoms with E-state index in [4.69, 9.17) is 0 Å².